The van der Waals surface area contributed by atoms with E-state index in [9.17, 15) is 0 Å². The van der Waals surface area contributed by atoms with E-state index >= 15 is 0 Å². The summed E-state index contributed by atoms with van der Waals surface area (Å²) in [7, 11) is 3.37. The van der Waals surface area contributed by atoms with E-state index in [1.807, 2.05) is 0 Å². The highest BCUT2D eigenvalue weighted by atomic mass is 32.2. The Morgan fingerprint density at radius 3 is 2.53 bits per heavy atom. The fourth-order valence-corrected chi connectivity index (χ4v) is 5.77. The van der Waals surface area contributed by atoms with Crippen LogP contribution in [0.1, 0.15) is 25.7 Å². The Labute approximate surface area is 112 Å². The topological polar surface area (TPSA) is 27.7 Å². The van der Waals surface area contributed by atoms with Crippen molar-refractivity contribution in [1.29, 1.82) is 0 Å². The average molecular weight is 278 g/mol. The minimum Gasteiger partial charge on any atom is -0.373 e. The summed E-state index contributed by atoms with van der Waals surface area (Å²) in [6, 6.07) is 0. The Hall–Kier alpha value is 0.580. The molecule has 100 valence electrons. The van der Waals surface area contributed by atoms with Gasteiger partial charge in [-0.1, -0.05) is 0 Å². The van der Waals surface area contributed by atoms with Crippen molar-refractivity contribution in [3.63, 3.8) is 0 Å². The third-order valence-electron chi connectivity index (χ3n) is 3.41. The molecule has 0 aromatic rings. The van der Waals surface area contributed by atoms with Crippen LogP contribution in [0.4, 0.5) is 0 Å². The van der Waals surface area contributed by atoms with Crippen LogP contribution in [-0.4, -0.2) is 48.8 Å². The fraction of sp³-hybridized carbons (Fsp3) is 1.00. The minimum absolute atomic E-state index is 0.0903. The highest BCUT2D eigenvalue weighted by Gasteiger charge is 2.38. The van der Waals surface area contributed by atoms with Crippen molar-refractivity contribution < 1.29 is 14.2 Å². The van der Waals surface area contributed by atoms with Crippen LogP contribution < -0.4 is 0 Å². The van der Waals surface area contributed by atoms with Crippen molar-refractivity contribution in [2.45, 2.75) is 42.2 Å². The Balaban J connectivity index is 1.92. The quantitative estimate of drug-likeness (QED) is 0.740. The molecule has 1 unspecified atom stereocenters. The molecule has 1 atom stereocenters. The molecule has 2 rings (SSSR count). The standard InChI is InChI=1S/C12H22O3S2/c1-13-11(14-2)10-4-5-12(6-7-15-10)16-8-3-9-17-12/h10-11H,3-9H2,1-2H3. The molecular formula is C12H22O3S2. The predicted molar refractivity (Wildman–Crippen MR) is 73.7 cm³/mol. The van der Waals surface area contributed by atoms with Crippen molar-refractivity contribution in [3.05, 3.63) is 0 Å². The first-order valence-electron chi connectivity index (χ1n) is 6.25. The first-order valence-corrected chi connectivity index (χ1v) is 8.22. The lowest BCUT2D eigenvalue weighted by atomic mass is 10.1. The average Bonchev–Trinajstić information content (AvgIpc) is 2.56. The van der Waals surface area contributed by atoms with Crippen molar-refractivity contribution in [2.24, 2.45) is 0 Å². The van der Waals surface area contributed by atoms with Crippen molar-refractivity contribution in [2.75, 3.05) is 32.3 Å². The monoisotopic (exact) mass is 278 g/mol. The molecule has 17 heavy (non-hydrogen) atoms. The second-order valence-electron chi connectivity index (χ2n) is 4.50. The minimum atomic E-state index is -0.219. The van der Waals surface area contributed by atoms with Gasteiger partial charge in [-0.3, -0.25) is 0 Å². The highest BCUT2D eigenvalue weighted by Crippen LogP contribution is 2.49. The van der Waals surface area contributed by atoms with Crippen LogP contribution in [0.15, 0.2) is 0 Å². The summed E-state index contributed by atoms with van der Waals surface area (Å²) in [4.78, 5) is 0. The summed E-state index contributed by atoms with van der Waals surface area (Å²) >= 11 is 4.26. The maximum atomic E-state index is 5.90. The Morgan fingerprint density at radius 1 is 1.18 bits per heavy atom. The van der Waals surface area contributed by atoms with E-state index in [0.717, 1.165) is 19.4 Å². The predicted octanol–water partition coefficient (Wildman–Crippen LogP) is 2.74. The van der Waals surface area contributed by atoms with Crippen LogP contribution in [0.3, 0.4) is 0 Å². The third-order valence-corrected chi connectivity index (χ3v) is 6.97. The molecule has 2 aliphatic rings. The van der Waals surface area contributed by atoms with Gasteiger partial charge in [0.05, 0.1) is 4.08 Å². The molecule has 0 amide bonds. The Morgan fingerprint density at radius 2 is 1.88 bits per heavy atom. The lowest BCUT2D eigenvalue weighted by molar-refractivity contribution is -0.180. The number of hydrogen-bond acceptors (Lipinski definition) is 5. The summed E-state index contributed by atoms with van der Waals surface area (Å²) < 4.78 is 16.9. The lowest BCUT2D eigenvalue weighted by Crippen LogP contribution is -2.32. The van der Waals surface area contributed by atoms with Gasteiger partial charge in [0.2, 0.25) is 0 Å². The van der Waals surface area contributed by atoms with Gasteiger partial charge in [-0.15, -0.1) is 23.5 Å². The first-order chi connectivity index (χ1) is 8.29. The molecule has 0 radical (unpaired) electrons. The molecule has 0 saturated carbocycles. The molecule has 0 aliphatic carbocycles. The van der Waals surface area contributed by atoms with E-state index in [1.165, 1.54) is 24.3 Å². The van der Waals surface area contributed by atoms with Crippen LogP contribution in [0.5, 0.6) is 0 Å². The van der Waals surface area contributed by atoms with E-state index in [-0.39, 0.29) is 12.4 Å². The molecule has 2 fully saturated rings. The molecule has 0 aromatic heterocycles. The third kappa shape index (κ3) is 3.53. The normalized spacial score (nSPS) is 29.5. The number of methoxy groups -OCH3 is 2. The summed E-state index contributed by atoms with van der Waals surface area (Å²) in [5.41, 5.74) is 0. The fourth-order valence-electron chi connectivity index (χ4n) is 2.46. The van der Waals surface area contributed by atoms with E-state index in [0.29, 0.717) is 4.08 Å². The summed E-state index contributed by atoms with van der Waals surface area (Å²) in [6.07, 6.45) is 4.61. The Kier molecular flexibility index (Phi) is 5.49. The summed E-state index contributed by atoms with van der Waals surface area (Å²) in [5.74, 6) is 2.60. The van der Waals surface area contributed by atoms with Crippen molar-refractivity contribution >= 4 is 23.5 Å². The first kappa shape index (κ1) is 14.0. The Bertz CT molecular complexity index is 228. The van der Waals surface area contributed by atoms with E-state index in [1.54, 1.807) is 14.2 Å². The van der Waals surface area contributed by atoms with Gasteiger partial charge in [0.1, 0.15) is 6.10 Å². The molecule has 3 nitrogen and oxygen atoms in total. The second-order valence-corrected chi connectivity index (χ2v) is 7.71. The number of hydrogen-bond donors (Lipinski definition) is 0. The molecule has 2 aliphatic heterocycles. The molecule has 0 bridgehead atoms. The molecule has 2 saturated heterocycles. The van der Waals surface area contributed by atoms with Gasteiger partial charge < -0.3 is 14.2 Å². The van der Waals surface area contributed by atoms with Gasteiger partial charge in [0, 0.05) is 20.8 Å². The van der Waals surface area contributed by atoms with E-state index < -0.39 is 0 Å². The van der Waals surface area contributed by atoms with Crippen molar-refractivity contribution in [3.8, 4) is 0 Å². The highest BCUT2D eigenvalue weighted by molar-refractivity contribution is 8.18. The van der Waals surface area contributed by atoms with Crippen LogP contribution in [-0.2, 0) is 14.2 Å². The van der Waals surface area contributed by atoms with E-state index in [2.05, 4.69) is 23.5 Å². The zero-order valence-electron chi connectivity index (χ0n) is 10.6. The van der Waals surface area contributed by atoms with E-state index in [4.69, 9.17) is 14.2 Å². The molecule has 2 heterocycles. The van der Waals surface area contributed by atoms with Crippen LogP contribution in [0, 0.1) is 0 Å². The summed E-state index contributed by atoms with van der Waals surface area (Å²) in [6.45, 7) is 0.827. The van der Waals surface area contributed by atoms with Gasteiger partial charge >= 0.3 is 0 Å². The van der Waals surface area contributed by atoms with Gasteiger partial charge in [-0.2, -0.15) is 0 Å². The molecular weight excluding hydrogens is 256 g/mol. The largest absolute Gasteiger partial charge is 0.373 e. The molecule has 5 heteroatoms. The summed E-state index contributed by atoms with van der Waals surface area (Å²) in [5, 5.41) is 0. The molecule has 1 spiro atoms. The van der Waals surface area contributed by atoms with Crippen molar-refractivity contribution in [1.82, 2.24) is 0 Å². The van der Waals surface area contributed by atoms with Crippen LogP contribution >= 0.6 is 23.5 Å². The van der Waals surface area contributed by atoms with Gasteiger partial charge in [-0.25, -0.2) is 0 Å². The maximum Gasteiger partial charge on any atom is 0.182 e. The zero-order chi connectivity index (χ0) is 12.1. The van der Waals surface area contributed by atoms with Crippen LogP contribution in [0.2, 0.25) is 0 Å². The SMILES string of the molecule is COC(OC)C1CCC2(CCO1)SCCCS2. The number of thioether (sulfide) groups is 2. The lowest BCUT2D eigenvalue weighted by Gasteiger charge is -2.34. The number of rotatable bonds is 3. The van der Waals surface area contributed by atoms with Gasteiger partial charge in [0.25, 0.3) is 0 Å². The zero-order valence-corrected chi connectivity index (χ0v) is 12.3. The molecule has 0 N–H and O–H groups in total. The smallest absolute Gasteiger partial charge is 0.182 e. The van der Waals surface area contributed by atoms with Gasteiger partial charge in [-0.05, 0) is 37.2 Å². The number of ether oxygens (including phenoxy) is 3. The van der Waals surface area contributed by atoms with Gasteiger partial charge in [0.15, 0.2) is 6.29 Å². The second kappa shape index (κ2) is 6.66. The maximum absolute atomic E-state index is 5.90. The van der Waals surface area contributed by atoms with Crippen LogP contribution in [0.25, 0.3) is 0 Å². The molecule has 0 aromatic carbocycles.